The lowest BCUT2D eigenvalue weighted by atomic mass is 10.00. The third-order valence-electron chi connectivity index (χ3n) is 6.05. The van der Waals surface area contributed by atoms with Crippen LogP contribution in [-0.4, -0.2) is 56.5 Å². The molecule has 0 spiro atoms. The second-order valence-corrected chi connectivity index (χ2v) is 8.29. The monoisotopic (exact) mass is 440 g/mol. The Labute approximate surface area is 189 Å². The van der Waals surface area contributed by atoms with Crippen molar-refractivity contribution in [3.8, 4) is 0 Å². The van der Waals surface area contributed by atoms with Gasteiger partial charge in [0.1, 0.15) is 5.82 Å². The number of hydrogen-bond acceptors (Lipinski definition) is 4. The van der Waals surface area contributed by atoms with Crippen LogP contribution in [0.4, 0.5) is 10.1 Å². The summed E-state index contributed by atoms with van der Waals surface area (Å²) in [4.78, 5) is 26.1. The average molecular weight is 441 g/mol. The molecular weight excluding hydrogens is 407 g/mol. The summed E-state index contributed by atoms with van der Waals surface area (Å²) in [6.45, 7) is 2.72. The van der Waals surface area contributed by atoms with Crippen molar-refractivity contribution in [3.63, 3.8) is 0 Å². The molecule has 2 aromatic rings. The van der Waals surface area contributed by atoms with Crippen molar-refractivity contribution in [3.05, 3.63) is 65.0 Å². The zero-order valence-electron chi connectivity index (χ0n) is 18.9. The molecule has 172 valence electrons. The summed E-state index contributed by atoms with van der Waals surface area (Å²) in [6.07, 6.45) is 3.25. The third-order valence-corrected chi connectivity index (χ3v) is 6.05. The number of amides is 2. The molecule has 32 heavy (non-hydrogen) atoms. The number of carbonyl (C=O) groups excluding carboxylic acids is 2. The van der Waals surface area contributed by atoms with Gasteiger partial charge in [-0.3, -0.25) is 9.59 Å². The molecule has 1 fully saturated rings. The van der Waals surface area contributed by atoms with Gasteiger partial charge in [0.25, 0.3) is 0 Å². The number of anilines is 1. The molecule has 3 rings (SSSR count). The van der Waals surface area contributed by atoms with Crippen molar-refractivity contribution >= 4 is 17.5 Å². The van der Waals surface area contributed by atoms with Crippen LogP contribution in [0.15, 0.2) is 42.5 Å². The summed E-state index contributed by atoms with van der Waals surface area (Å²) in [6, 6.07) is 13.1. The minimum atomic E-state index is -0.135. The minimum absolute atomic E-state index is 0.0434. The number of carbonyl (C=O) groups is 2. The highest BCUT2D eigenvalue weighted by Crippen LogP contribution is 2.23. The van der Waals surface area contributed by atoms with Gasteiger partial charge in [-0.25, -0.2) is 4.39 Å². The number of piperidine rings is 1. The molecule has 2 aromatic carbocycles. The van der Waals surface area contributed by atoms with Crippen molar-refractivity contribution in [1.82, 2.24) is 15.5 Å². The molecule has 0 unspecified atom stereocenters. The Morgan fingerprint density at radius 1 is 0.969 bits per heavy atom. The Balaban J connectivity index is 1.59. The van der Waals surface area contributed by atoms with Gasteiger partial charge in [0.05, 0.1) is 12.8 Å². The van der Waals surface area contributed by atoms with Crippen LogP contribution in [0, 0.1) is 5.82 Å². The van der Waals surface area contributed by atoms with Crippen LogP contribution in [0.5, 0.6) is 0 Å². The number of benzene rings is 2. The fraction of sp³-hybridized carbons (Fsp3) is 0.440. The van der Waals surface area contributed by atoms with Crippen LogP contribution >= 0.6 is 0 Å². The SMILES string of the molecule is CNC(=O)Cc1ccc(CC(=O)NC)c(NC2CCN(CCc3ccccc3F)CC2)c1. The Hall–Kier alpha value is -2.93. The normalized spacial score (nSPS) is 14.7. The van der Waals surface area contributed by atoms with E-state index in [1.54, 1.807) is 20.2 Å². The third kappa shape index (κ3) is 6.79. The number of nitrogens with one attached hydrogen (secondary N) is 3. The van der Waals surface area contributed by atoms with E-state index >= 15 is 0 Å². The zero-order valence-corrected chi connectivity index (χ0v) is 18.9. The maximum Gasteiger partial charge on any atom is 0.224 e. The van der Waals surface area contributed by atoms with E-state index in [4.69, 9.17) is 0 Å². The molecular formula is C25H33FN4O2. The van der Waals surface area contributed by atoms with Crippen LogP contribution < -0.4 is 16.0 Å². The Kier molecular flexibility index (Phi) is 8.62. The smallest absolute Gasteiger partial charge is 0.224 e. The number of halogens is 1. The molecule has 1 saturated heterocycles. The first-order chi connectivity index (χ1) is 15.5. The van der Waals surface area contributed by atoms with Crippen LogP contribution in [0.1, 0.15) is 29.5 Å². The lowest BCUT2D eigenvalue weighted by Crippen LogP contribution is -2.40. The van der Waals surface area contributed by atoms with Gasteiger partial charge in [-0.2, -0.15) is 0 Å². The summed E-state index contributed by atoms with van der Waals surface area (Å²) in [5.41, 5.74) is 3.51. The molecule has 3 N–H and O–H groups in total. The summed E-state index contributed by atoms with van der Waals surface area (Å²) in [5.74, 6) is -0.224. The number of likely N-dealkylation sites (tertiary alicyclic amines) is 1. The summed E-state index contributed by atoms with van der Waals surface area (Å²) in [5, 5.41) is 8.94. The lowest BCUT2D eigenvalue weighted by molar-refractivity contribution is -0.120. The Morgan fingerprint density at radius 2 is 1.66 bits per heavy atom. The van der Waals surface area contributed by atoms with E-state index in [1.165, 1.54) is 6.07 Å². The van der Waals surface area contributed by atoms with Crippen LogP contribution in [0.3, 0.4) is 0 Å². The predicted molar refractivity (Wildman–Crippen MR) is 125 cm³/mol. The lowest BCUT2D eigenvalue weighted by Gasteiger charge is -2.33. The maximum absolute atomic E-state index is 13.9. The molecule has 1 aliphatic rings. The second-order valence-electron chi connectivity index (χ2n) is 8.29. The second kappa shape index (κ2) is 11.6. The van der Waals surface area contributed by atoms with Gasteiger partial charge in [0.15, 0.2) is 0 Å². The van der Waals surface area contributed by atoms with E-state index in [2.05, 4.69) is 20.9 Å². The predicted octanol–water partition coefficient (Wildman–Crippen LogP) is 2.52. The standard InChI is InChI=1S/C25H33FN4O2/c1-27-24(31)16-18-7-8-20(17-25(32)28-2)23(15-18)29-21-10-13-30(14-11-21)12-9-19-5-3-4-6-22(19)26/h3-8,15,21,29H,9-14,16-17H2,1-2H3,(H,27,31)(H,28,32). The fourth-order valence-corrected chi connectivity index (χ4v) is 4.06. The fourth-order valence-electron chi connectivity index (χ4n) is 4.06. The van der Waals surface area contributed by atoms with Gasteiger partial charge >= 0.3 is 0 Å². The molecule has 0 aliphatic carbocycles. The van der Waals surface area contributed by atoms with Gasteiger partial charge in [-0.1, -0.05) is 30.3 Å². The molecule has 2 amide bonds. The van der Waals surface area contributed by atoms with Crippen LogP contribution in [0.2, 0.25) is 0 Å². The summed E-state index contributed by atoms with van der Waals surface area (Å²) in [7, 11) is 3.26. The number of hydrogen-bond donors (Lipinski definition) is 3. The van der Waals surface area contributed by atoms with Gasteiger partial charge in [0.2, 0.25) is 11.8 Å². The molecule has 0 radical (unpaired) electrons. The van der Waals surface area contributed by atoms with E-state index in [0.29, 0.717) is 25.3 Å². The molecule has 0 aromatic heterocycles. The molecule has 7 heteroatoms. The van der Waals surface area contributed by atoms with E-state index in [1.807, 2.05) is 30.3 Å². The highest BCUT2D eigenvalue weighted by Gasteiger charge is 2.20. The first-order valence-corrected chi connectivity index (χ1v) is 11.2. The van der Waals surface area contributed by atoms with Crippen molar-refractivity contribution in [2.45, 2.75) is 38.1 Å². The van der Waals surface area contributed by atoms with Crippen LogP contribution in [0.25, 0.3) is 0 Å². The van der Waals surface area contributed by atoms with Gasteiger partial charge in [0, 0.05) is 45.5 Å². The quantitative estimate of drug-likeness (QED) is 0.560. The first-order valence-electron chi connectivity index (χ1n) is 11.2. The number of rotatable bonds is 9. The van der Waals surface area contributed by atoms with E-state index in [0.717, 1.165) is 54.9 Å². The van der Waals surface area contributed by atoms with Crippen molar-refractivity contribution in [1.29, 1.82) is 0 Å². The average Bonchev–Trinajstić information content (AvgIpc) is 2.81. The maximum atomic E-state index is 13.9. The highest BCUT2D eigenvalue weighted by molar-refractivity contribution is 5.81. The summed E-state index contributed by atoms with van der Waals surface area (Å²) < 4.78 is 13.9. The topological polar surface area (TPSA) is 73.5 Å². The van der Waals surface area contributed by atoms with E-state index in [-0.39, 0.29) is 17.6 Å². The van der Waals surface area contributed by atoms with Crippen LogP contribution in [-0.2, 0) is 28.9 Å². The van der Waals surface area contributed by atoms with E-state index < -0.39 is 0 Å². The molecule has 1 aliphatic heterocycles. The van der Waals surface area contributed by atoms with E-state index in [9.17, 15) is 14.0 Å². The van der Waals surface area contributed by atoms with Gasteiger partial charge in [-0.15, -0.1) is 0 Å². The minimum Gasteiger partial charge on any atom is -0.382 e. The number of nitrogens with zero attached hydrogens (tertiary/aromatic N) is 1. The molecule has 6 nitrogen and oxygen atoms in total. The van der Waals surface area contributed by atoms with Gasteiger partial charge in [-0.05, 0) is 48.1 Å². The molecule has 0 bridgehead atoms. The molecule has 0 atom stereocenters. The first kappa shape index (κ1) is 23.7. The van der Waals surface area contributed by atoms with Gasteiger partial charge < -0.3 is 20.9 Å². The zero-order chi connectivity index (χ0) is 22.9. The molecule has 0 saturated carbocycles. The van der Waals surface area contributed by atoms with Crippen molar-refractivity contribution < 1.29 is 14.0 Å². The Morgan fingerprint density at radius 3 is 2.34 bits per heavy atom. The Bertz CT molecular complexity index is 926. The highest BCUT2D eigenvalue weighted by atomic mass is 19.1. The largest absolute Gasteiger partial charge is 0.382 e. The van der Waals surface area contributed by atoms with Crippen molar-refractivity contribution in [2.75, 3.05) is 39.0 Å². The molecule has 1 heterocycles. The van der Waals surface area contributed by atoms with Crippen molar-refractivity contribution in [2.24, 2.45) is 0 Å². The number of likely N-dealkylation sites (N-methyl/N-ethyl adjacent to an activating group) is 2. The summed E-state index contributed by atoms with van der Waals surface area (Å²) >= 11 is 0.